The average Bonchev–Trinajstić information content (AvgIpc) is 2.39. The molecule has 0 bridgehead atoms. The van der Waals surface area contributed by atoms with Crippen LogP contribution in [0.2, 0.25) is 0 Å². The Bertz CT molecular complexity index is 685. The van der Waals surface area contributed by atoms with Gasteiger partial charge in [0.05, 0.1) is 5.75 Å². The lowest BCUT2D eigenvalue weighted by atomic mass is 10.2. The van der Waals surface area contributed by atoms with Crippen molar-refractivity contribution in [3.63, 3.8) is 0 Å². The molecule has 2 rings (SSSR count). The Morgan fingerprint density at radius 1 is 1.05 bits per heavy atom. The Kier molecular flexibility index (Phi) is 4.36. The number of hydrogen-bond acceptors (Lipinski definition) is 3. The maximum absolute atomic E-state index is 13.0. The molecule has 0 amide bonds. The van der Waals surface area contributed by atoms with Gasteiger partial charge in [-0.3, -0.25) is 0 Å². The number of sulfonamides is 1. The molecule has 0 aliphatic heterocycles. The molecule has 6 heteroatoms. The largest absolute Gasteiger partial charge is 0.399 e. The fourth-order valence-electron chi connectivity index (χ4n) is 1.72. The van der Waals surface area contributed by atoms with Crippen LogP contribution in [-0.4, -0.2) is 8.42 Å². The zero-order valence-corrected chi connectivity index (χ0v) is 11.5. The number of hydrogen-bond donors (Lipinski definition) is 2. The van der Waals surface area contributed by atoms with E-state index in [0.717, 1.165) is 0 Å². The molecule has 2 aromatic rings. The first kappa shape index (κ1) is 14.5. The van der Waals surface area contributed by atoms with Crippen LogP contribution in [0.5, 0.6) is 0 Å². The van der Waals surface area contributed by atoms with Crippen LogP contribution in [0, 0.1) is 5.82 Å². The van der Waals surface area contributed by atoms with Gasteiger partial charge in [0, 0.05) is 12.2 Å². The van der Waals surface area contributed by atoms with Gasteiger partial charge >= 0.3 is 0 Å². The third-order valence-electron chi connectivity index (χ3n) is 2.72. The highest BCUT2D eigenvalue weighted by Gasteiger charge is 2.11. The third-order valence-corrected chi connectivity index (χ3v) is 4.02. The molecule has 0 aromatic heterocycles. The lowest BCUT2D eigenvalue weighted by Crippen LogP contribution is -2.24. The molecule has 0 fully saturated rings. The van der Waals surface area contributed by atoms with Crippen molar-refractivity contribution in [1.29, 1.82) is 0 Å². The fourth-order valence-corrected chi connectivity index (χ4v) is 2.84. The quantitative estimate of drug-likeness (QED) is 0.829. The number of nitrogen functional groups attached to an aromatic ring is 1. The number of anilines is 1. The van der Waals surface area contributed by atoms with E-state index in [1.165, 1.54) is 12.1 Å². The van der Waals surface area contributed by atoms with E-state index < -0.39 is 10.0 Å². The van der Waals surface area contributed by atoms with Crippen LogP contribution in [0.25, 0.3) is 0 Å². The molecule has 0 saturated carbocycles. The molecule has 0 aliphatic rings. The zero-order valence-electron chi connectivity index (χ0n) is 10.7. The molecular formula is C14H15FN2O2S. The fraction of sp³-hybridized carbons (Fsp3) is 0.143. The number of nitrogens with one attached hydrogen (secondary N) is 1. The minimum atomic E-state index is -3.47. The van der Waals surface area contributed by atoms with Gasteiger partial charge in [-0.2, -0.15) is 0 Å². The normalized spacial score (nSPS) is 11.4. The summed E-state index contributed by atoms with van der Waals surface area (Å²) in [5, 5.41) is 0. The topological polar surface area (TPSA) is 72.2 Å². The van der Waals surface area contributed by atoms with Crippen molar-refractivity contribution in [2.75, 3.05) is 5.73 Å². The lowest BCUT2D eigenvalue weighted by Gasteiger charge is -2.07. The van der Waals surface area contributed by atoms with Crippen LogP contribution in [0.15, 0.2) is 48.5 Å². The highest BCUT2D eigenvalue weighted by Crippen LogP contribution is 2.09. The number of nitrogens with two attached hydrogens (primary N) is 1. The second kappa shape index (κ2) is 6.02. The van der Waals surface area contributed by atoms with Crippen LogP contribution in [0.3, 0.4) is 0 Å². The molecule has 0 aliphatic carbocycles. The summed E-state index contributed by atoms with van der Waals surface area (Å²) in [6.45, 7) is 0.0645. The molecule has 0 spiro atoms. The summed E-state index contributed by atoms with van der Waals surface area (Å²) in [5.74, 6) is -0.525. The van der Waals surface area contributed by atoms with Crippen LogP contribution < -0.4 is 10.5 Å². The number of benzene rings is 2. The molecule has 0 atom stereocenters. The van der Waals surface area contributed by atoms with Gasteiger partial charge in [0.15, 0.2) is 0 Å². The Hall–Kier alpha value is -1.92. The van der Waals surface area contributed by atoms with Crippen molar-refractivity contribution >= 4 is 15.7 Å². The van der Waals surface area contributed by atoms with Crippen molar-refractivity contribution in [1.82, 2.24) is 4.72 Å². The SMILES string of the molecule is Nc1ccc(CS(=O)(=O)NCc2cccc(F)c2)cc1. The van der Waals surface area contributed by atoms with Crippen LogP contribution in [-0.2, 0) is 22.3 Å². The minimum absolute atomic E-state index is 0.0645. The van der Waals surface area contributed by atoms with Crippen molar-refractivity contribution in [2.24, 2.45) is 0 Å². The standard InChI is InChI=1S/C14H15FN2O2S/c15-13-3-1-2-12(8-13)9-17-20(18,19)10-11-4-6-14(16)7-5-11/h1-8,17H,9-10,16H2. The summed E-state index contributed by atoms with van der Waals surface area (Å²) in [5.41, 5.74) is 7.34. The average molecular weight is 294 g/mol. The van der Waals surface area contributed by atoms with Gasteiger partial charge in [0.2, 0.25) is 10.0 Å². The summed E-state index contributed by atoms with van der Waals surface area (Å²) in [6, 6.07) is 12.4. The van der Waals surface area contributed by atoms with Crippen LogP contribution in [0.4, 0.5) is 10.1 Å². The van der Waals surface area contributed by atoms with E-state index in [2.05, 4.69) is 4.72 Å². The van der Waals surface area contributed by atoms with Gasteiger partial charge < -0.3 is 5.73 Å². The molecule has 0 saturated heterocycles. The molecule has 0 radical (unpaired) electrons. The Morgan fingerprint density at radius 3 is 2.40 bits per heavy atom. The number of halogens is 1. The predicted octanol–water partition coefficient (Wildman–Crippen LogP) is 2.03. The summed E-state index contributed by atoms with van der Waals surface area (Å²) in [4.78, 5) is 0. The molecule has 4 nitrogen and oxygen atoms in total. The minimum Gasteiger partial charge on any atom is -0.399 e. The van der Waals surface area contributed by atoms with E-state index in [1.807, 2.05) is 0 Å². The monoisotopic (exact) mass is 294 g/mol. The van der Waals surface area contributed by atoms with Crippen molar-refractivity contribution in [2.45, 2.75) is 12.3 Å². The first-order valence-corrected chi connectivity index (χ1v) is 7.66. The van der Waals surface area contributed by atoms with Gasteiger partial charge in [-0.15, -0.1) is 0 Å². The van der Waals surface area contributed by atoms with Gasteiger partial charge in [0.1, 0.15) is 5.82 Å². The maximum Gasteiger partial charge on any atom is 0.216 e. The maximum atomic E-state index is 13.0. The second-order valence-electron chi connectivity index (χ2n) is 4.45. The molecule has 2 aromatic carbocycles. The van der Waals surface area contributed by atoms with E-state index in [1.54, 1.807) is 36.4 Å². The second-order valence-corrected chi connectivity index (χ2v) is 6.26. The Labute approximate surface area is 117 Å². The van der Waals surface area contributed by atoms with Crippen molar-refractivity contribution in [3.05, 3.63) is 65.5 Å². The molecule has 0 heterocycles. The molecular weight excluding hydrogens is 279 g/mol. The lowest BCUT2D eigenvalue weighted by molar-refractivity contribution is 0.579. The molecule has 20 heavy (non-hydrogen) atoms. The van der Waals surface area contributed by atoms with Crippen LogP contribution >= 0.6 is 0 Å². The summed E-state index contributed by atoms with van der Waals surface area (Å²) >= 11 is 0. The van der Waals surface area contributed by atoms with E-state index in [-0.39, 0.29) is 18.1 Å². The molecule has 0 unspecified atom stereocenters. The highest BCUT2D eigenvalue weighted by molar-refractivity contribution is 7.88. The van der Waals surface area contributed by atoms with Gasteiger partial charge in [-0.25, -0.2) is 17.5 Å². The van der Waals surface area contributed by atoms with E-state index in [9.17, 15) is 12.8 Å². The third kappa shape index (κ3) is 4.32. The van der Waals surface area contributed by atoms with E-state index in [0.29, 0.717) is 16.8 Å². The molecule has 3 N–H and O–H groups in total. The first-order chi connectivity index (χ1) is 9.44. The predicted molar refractivity (Wildman–Crippen MR) is 76.7 cm³/mol. The Balaban J connectivity index is 1.99. The van der Waals surface area contributed by atoms with E-state index in [4.69, 9.17) is 5.73 Å². The smallest absolute Gasteiger partial charge is 0.216 e. The van der Waals surface area contributed by atoms with Gasteiger partial charge in [-0.05, 0) is 35.4 Å². The zero-order chi connectivity index (χ0) is 14.6. The van der Waals surface area contributed by atoms with Crippen molar-refractivity contribution < 1.29 is 12.8 Å². The van der Waals surface area contributed by atoms with Gasteiger partial charge in [-0.1, -0.05) is 24.3 Å². The summed E-state index contributed by atoms with van der Waals surface area (Å²) in [7, 11) is -3.47. The van der Waals surface area contributed by atoms with Crippen LogP contribution in [0.1, 0.15) is 11.1 Å². The highest BCUT2D eigenvalue weighted by atomic mass is 32.2. The van der Waals surface area contributed by atoms with Crippen molar-refractivity contribution in [3.8, 4) is 0 Å². The summed E-state index contributed by atoms with van der Waals surface area (Å²) < 4.78 is 39.2. The summed E-state index contributed by atoms with van der Waals surface area (Å²) in [6.07, 6.45) is 0. The Morgan fingerprint density at radius 2 is 1.75 bits per heavy atom. The number of rotatable bonds is 5. The first-order valence-electron chi connectivity index (χ1n) is 6.01. The molecule has 106 valence electrons. The van der Waals surface area contributed by atoms with Gasteiger partial charge in [0.25, 0.3) is 0 Å². The van der Waals surface area contributed by atoms with E-state index >= 15 is 0 Å².